The normalized spacial score (nSPS) is 11.4. The van der Waals surface area contributed by atoms with E-state index in [9.17, 15) is 0 Å². The number of hydrogen-bond donors (Lipinski definition) is 2. The summed E-state index contributed by atoms with van der Waals surface area (Å²) in [5, 5.41) is 7.58. The molecule has 34 heavy (non-hydrogen) atoms. The molecule has 0 atom stereocenters. The lowest BCUT2D eigenvalue weighted by molar-refractivity contribution is 0.387. The SMILES string of the molecule is CNc1ncc2cc(-c3cc(Nc4nc5ccccc5n4CCN(C)C)ccc3C)ccc2n1. The van der Waals surface area contributed by atoms with Crippen molar-refractivity contribution in [1.82, 2.24) is 24.4 Å². The number of rotatable bonds is 7. The van der Waals surface area contributed by atoms with Crippen molar-refractivity contribution in [2.24, 2.45) is 0 Å². The zero-order valence-electron chi connectivity index (χ0n) is 20.0. The summed E-state index contributed by atoms with van der Waals surface area (Å²) in [7, 11) is 6.01. The lowest BCUT2D eigenvalue weighted by atomic mass is 9.98. The Bertz CT molecular complexity index is 1470. The largest absolute Gasteiger partial charge is 0.357 e. The second-order valence-corrected chi connectivity index (χ2v) is 8.75. The number of hydrogen-bond acceptors (Lipinski definition) is 6. The van der Waals surface area contributed by atoms with Gasteiger partial charge in [0.25, 0.3) is 0 Å². The van der Waals surface area contributed by atoms with Crippen molar-refractivity contribution < 1.29 is 0 Å². The van der Waals surface area contributed by atoms with Gasteiger partial charge in [-0.25, -0.2) is 15.0 Å². The Morgan fingerprint density at radius 2 is 1.79 bits per heavy atom. The molecule has 7 heteroatoms. The number of aryl methyl sites for hydroxylation is 1. The second-order valence-electron chi connectivity index (χ2n) is 8.75. The summed E-state index contributed by atoms with van der Waals surface area (Å²) in [6.07, 6.45) is 1.86. The Morgan fingerprint density at radius 3 is 2.62 bits per heavy atom. The van der Waals surface area contributed by atoms with Gasteiger partial charge in [0.2, 0.25) is 11.9 Å². The van der Waals surface area contributed by atoms with Crippen LogP contribution in [-0.4, -0.2) is 52.1 Å². The van der Waals surface area contributed by atoms with Crippen LogP contribution < -0.4 is 10.6 Å². The Hall–Kier alpha value is -3.97. The highest BCUT2D eigenvalue weighted by molar-refractivity contribution is 5.86. The summed E-state index contributed by atoms with van der Waals surface area (Å²) in [6, 6.07) is 21.0. The maximum Gasteiger partial charge on any atom is 0.222 e. The van der Waals surface area contributed by atoms with Crippen molar-refractivity contribution in [2.75, 3.05) is 38.3 Å². The van der Waals surface area contributed by atoms with E-state index in [0.717, 1.165) is 52.2 Å². The molecule has 172 valence electrons. The van der Waals surface area contributed by atoms with E-state index in [-0.39, 0.29) is 0 Å². The molecule has 5 rings (SSSR count). The average Bonchev–Trinajstić information content (AvgIpc) is 3.20. The van der Waals surface area contributed by atoms with Crippen molar-refractivity contribution in [3.05, 3.63) is 72.4 Å². The quantitative estimate of drug-likeness (QED) is 0.350. The van der Waals surface area contributed by atoms with Gasteiger partial charge in [-0.1, -0.05) is 24.3 Å². The van der Waals surface area contributed by atoms with Crippen LogP contribution in [0.15, 0.2) is 66.9 Å². The molecule has 0 spiro atoms. The zero-order chi connectivity index (χ0) is 23.7. The van der Waals surface area contributed by atoms with Gasteiger partial charge in [-0.15, -0.1) is 0 Å². The summed E-state index contributed by atoms with van der Waals surface area (Å²) in [5.74, 6) is 1.48. The van der Waals surface area contributed by atoms with E-state index >= 15 is 0 Å². The van der Waals surface area contributed by atoms with Crippen LogP contribution in [-0.2, 0) is 6.54 Å². The first kappa shape index (κ1) is 21.9. The van der Waals surface area contributed by atoms with Crippen LogP contribution in [0.2, 0.25) is 0 Å². The lowest BCUT2D eigenvalue weighted by Gasteiger charge is -2.15. The number of para-hydroxylation sites is 2. The molecule has 7 nitrogen and oxygen atoms in total. The standard InChI is InChI=1S/C27H29N7/c1-18-9-11-21(16-22(18)19-10-12-23-20(15-19)17-29-26(28-2)31-23)30-27-32-24-7-5-6-8-25(24)34(27)14-13-33(3)4/h5-12,15-17H,13-14H2,1-4H3,(H,30,32)(H,28,29,31). The third-order valence-corrected chi connectivity index (χ3v) is 6.03. The molecule has 2 aromatic heterocycles. The smallest absolute Gasteiger partial charge is 0.222 e. The number of fused-ring (bicyclic) bond motifs is 2. The third kappa shape index (κ3) is 4.30. The number of nitrogens with one attached hydrogen (secondary N) is 2. The minimum absolute atomic E-state index is 0.625. The molecule has 0 aliphatic carbocycles. The van der Waals surface area contributed by atoms with Gasteiger partial charge >= 0.3 is 0 Å². The monoisotopic (exact) mass is 451 g/mol. The fourth-order valence-corrected chi connectivity index (χ4v) is 4.16. The van der Waals surface area contributed by atoms with Gasteiger partial charge in [-0.3, -0.25) is 0 Å². The van der Waals surface area contributed by atoms with Crippen molar-refractivity contribution in [1.29, 1.82) is 0 Å². The van der Waals surface area contributed by atoms with E-state index in [4.69, 9.17) is 4.98 Å². The first-order valence-corrected chi connectivity index (χ1v) is 11.4. The van der Waals surface area contributed by atoms with Crippen LogP contribution in [0, 0.1) is 6.92 Å². The molecule has 2 N–H and O–H groups in total. The minimum Gasteiger partial charge on any atom is -0.357 e. The maximum atomic E-state index is 4.88. The summed E-state index contributed by atoms with van der Waals surface area (Å²) < 4.78 is 2.25. The van der Waals surface area contributed by atoms with Gasteiger partial charge < -0.3 is 20.1 Å². The highest BCUT2D eigenvalue weighted by Crippen LogP contribution is 2.31. The molecule has 3 aromatic carbocycles. The van der Waals surface area contributed by atoms with E-state index in [2.05, 4.69) is 99.6 Å². The maximum absolute atomic E-state index is 4.88. The minimum atomic E-state index is 0.625. The van der Waals surface area contributed by atoms with Gasteiger partial charge in [0.05, 0.1) is 16.6 Å². The summed E-state index contributed by atoms with van der Waals surface area (Å²) in [6.45, 7) is 3.92. The second kappa shape index (κ2) is 9.11. The summed E-state index contributed by atoms with van der Waals surface area (Å²) in [4.78, 5) is 16.0. The molecule has 0 aliphatic rings. The third-order valence-electron chi connectivity index (χ3n) is 6.03. The average molecular weight is 452 g/mol. The molecular formula is C27H29N7. The van der Waals surface area contributed by atoms with E-state index in [1.54, 1.807) is 0 Å². The topological polar surface area (TPSA) is 70.9 Å². The molecule has 5 aromatic rings. The van der Waals surface area contributed by atoms with Crippen LogP contribution in [0.25, 0.3) is 33.1 Å². The number of aromatic nitrogens is 4. The van der Waals surface area contributed by atoms with Crippen molar-refractivity contribution in [3.8, 4) is 11.1 Å². The van der Waals surface area contributed by atoms with Crippen LogP contribution in [0.3, 0.4) is 0 Å². The highest BCUT2D eigenvalue weighted by atomic mass is 15.2. The first-order chi connectivity index (χ1) is 16.5. The van der Waals surface area contributed by atoms with Gasteiger partial charge in [-0.2, -0.15) is 0 Å². The molecule has 0 unspecified atom stereocenters. The Labute approximate surface area is 199 Å². The summed E-state index contributed by atoms with van der Waals surface area (Å²) >= 11 is 0. The number of nitrogens with zero attached hydrogens (tertiary/aromatic N) is 5. The fraction of sp³-hybridized carbons (Fsp3) is 0.222. The first-order valence-electron chi connectivity index (χ1n) is 11.4. The predicted octanol–water partition coefficient (Wildman–Crippen LogP) is 5.30. The van der Waals surface area contributed by atoms with Crippen LogP contribution in [0.1, 0.15) is 5.56 Å². The molecule has 0 amide bonds. The molecule has 0 radical (unpaired) electrons. The van der Waals surface area contributed by atoms with Crippen LogP contribution >= 0.6 is 0 Å². The van der Waals surface area contributed by atoms with E-state index in [1.807, 2.05) is 25.4 Å². The highest BCUT2D eigenvalue weighted by Gasteiger charge is 2.12. The Kier molecular flexibility index (Phi) is 5.86. The van der Waals surface area contributed by atoms with E-state index in [1.165, 1.54) is 11.1 Å². The van der Waals surface area contributed by atoms with E-state index in [0.29, 0.717) is 5.95 Å². The number of imidazole rings is 1. The predicted molar refractivity (Wildman–Crippen MR) is 141 cm³/mol. The molecule has 0 fully saturated rings. The molecule has 0 saturated heterocycles. The van der Waals surface area contributed by atoms with Crippen molar-refractivity contribution in [2.45, 2.75) is 13.5 Å². The molecule has 2 heterocycles. The Balaban J connectivity index is 1.51. The van der Waals surface area contributed by atoms with Crippen LogP contribution in [0.4, 0.5) is 17.6 Å². The Morgan fingerprint density at radius 1 is 0.941 bits per heavy atom. The number of likely N-dealkylation sites (N-methyl/N-ethyl adjacent to an activating group) is 1. The molecule has 0 saturated carbocycles. The number of benzene rings is 3. The summed E-state index contributed by atoms with van der Waals surface area (Å²) in [5.41, 5.74) is 7.56. The van der Waals surface area contributed by atoms with Crippen molar-refractivity contribution in [3.63, 3.8) is 0 Å². The number of anilines is 3. The molecule has 0 bridgehead atoms. The molecule has 0 aliphatic heterocycles. The van der Waals surface area contributed by atoms with Gasteiger partial charge in [-0.05, 0) is 74.1 Å². The molecular weight excluding hydrogens is 422 g/mol. The van der Waals surface area contributed by atoms with Gasteiger partial charge in [0.15, 0.2) is 0 Å². The lowest BCUT2D eigenvalue weighted by Crippen LogP contribution is -2.19. The van der Waals surface area contributed by atoms with Gasteiger partial charge in [0.1, 0.15) is 0 Å². The fourth-order valence-electron chi connectivity index (χ4n) is 4.16. The van der Waals surface area contributed by atoms with E-state index < -0.39 is 0 Å². The van der Waals surface area contributed by atoms with Gasteiger partial charge in [0, 0.05) is 37.4 Å². The van der Waals surface area contributed by atoms with Crippen LogP contribution in [0.5, 0.6) is 0 Å². The van der Waals surface area contributed by atoms with Crippen molar-refractivity contribution >= 4 is 39.5 Å². The zero-order valence-corrected chi connectivity index (χ0v) is 20.0.